The third kappa shape index (κ3) is 1.82. The van der Waals surface area contributed by atoms with Gasteiger partial charge in [0.05, 0.1) is 4.62 Å². The molecule has 0 aromatic rings. The summed E-state index contributed by atoms with van der Waals surface area (Å²) < 4.78 is 61.9. The smallest absolute Gasteiger partial charge is 0.254 e. The molecule has 0 bridgehead atoms. The minimum Gasteiger partial charge on any atom is -0.254 e. The molecule has 0 spiro atoms. The molecule has 14 heavy (non-hydrogen) atoms. The molecule has 0 saturated carbocycles. The normalized spacial score (nSPS) is 28.1. The molecule has 0 aromatic heterocycles. The highest BCUT2D eigenvalue weighted by atomic mass is 79.9. The summed E-state index contributed by atoms with van der Waals surface area (Å²) in [5, 5.41) is 0. The van der Waals surface area contributed by atoms with E-state index in [-0.39, 0.29) is 4.62 Å². The Morgan fingerprint density at radius 1 is 1.43 bits per heavy atom. The van der Waals surface area contributed by atoms with Gasteiger partial charge in [-0.05, 0) is 22.0 Å². The average Bonchev–Trinajstić information content (AvgIpc) is 2.01. The van der Waals surface area contributed by atoms with Gasteiger partial charge in [0.25, 0.3) is 6.43 Å². The van der Waals surface area contributed by atoms with Gasteiger partial charge in [-0.2, -0.15) is 13.2 Å². The predicted molar refractivity (Wildman–Crippen MR) is 44.6 cm³/mol. The van der Waals surface area contributed by atoms with Gasteiger partial charge in [-0.3, -0.25) is 4.99 Å². The summed E-state index contributed by atoms with van der Waals surface area (Å²) in [5.74, 6) is 0. The Bertz CT molecular complexity index is 282. The number of allylic oxidation sites excluding steroid dienone is 1. The molecule has 1 heterocycles. The molecule has 0 aromatic carbocycles. The van der Waals surface area contributed by atoms with Crippen molar-refractivity contribution < 1.29 is 22.0 Å². The summed E-state index contributed by atoms with van der Waals surface area (Å²) in [6.45, 7) is 0. The zero-order chi connectivity index (χ0) is 11.0. The number of hydrogen-bond donors (Lipinski definition) is 0. The Balaban J connectivity index is 3.09. The molecule has 80 valence electrons. The van der Waals surface area contributed by atoms with Crippen LogP contribution in [-0.2, 0) is 0 Å². The number of hydrogen-bond acceptors (Lipinski definition) is 1. The number of rotatable bonds is 1. The van der Waals surface area contributed by atoms with Gasteiger partial charge in [-0.25, -0.2) is 8.78 Å². The Kier molecular flexibility index (Phi) is 2.99. The molecular formula is C7H5BrF5N. The average molecular weight is 278 g/mol. The van der Waals surface area contributed by atoms with E-state index in [1.807, 2.05) is 0 Å². The lowest BCUT2D eigenvalue weighted by Gasteiger charge is -2.32. The zero-order valence-electron chi connectivity index (χ0n) is 6.65. The zero-order valence-corrected chi connectivity index (χ0v) is 8.24. The summed E-state index contributed by atoms with van der Waals surface area (Å²) in [4.78, 5) is 3.44. The van der Waals surface area contributed by atoms with Crippen LogP contribution in [0.1, 0.15) is 6.42 Å². The second kappa shape index (κ2) is 3.60. The molecule has 7 heteroatoms. The predicted octanol–water partition coefficient (Wildman–Crippen LogP) is 3.51. The summed E-state index contributed by atoms with van der Waals surface area (Å²) >= 11 is 2.69. The standard InChI is InChI=1S/C7H5BrF5N/c8-4-3-6(5(9)10,1-2-14-4)7(11,12)13/h1-2,5H,3H2. The molecule has 1 nitrogen and oxygen atoms in total. The number of halogens is 6. The van der Waals surface area contributed by atoms with Crippen LogP contribution in [-0.4, -0.2) is 17.2 Å². The summed E-state index contributed by atoms with van der Waals surface area (Å²) in [5.41, 5.74) is -3.10. The summed E-state index contributed by atoms with van der Waals surface area (Å²) in [7, 11) is 0. The largest absolute Gasteiger partial charge is 0.403 e. The Hall–Kier alpha value is -0.460. The Morgan fingerprint density at radius 3 is 2.29 bits per heavy atom. The maximum Gasteiger partial charge on any atom is 0.403 e. The van der Waals surface area contributed by atoms with Crippen LogP contribution in [0.15, 0.2) is 17.3 Å². The Morgan fingerprint density at radius 2 is 2.00 bits per heavy atom. The fourth-order valence-electron chi connectivity index (χ4n) is 1.07. The van der Waals surface area contributed by atoms with Crippen LogP contribution in [0.5, 0.6) is 0 Å². The lowest BCUT2D eigenvalue weighted by molar-refractivity contribution is -0.240. The van der Waals surface area contributed by atoms with Gasteiger partial charge in [0, 0.05) is 12.6 Å². The van der Waals surface area contributed by atoms with E-state index in [1.54, 1.807) is 0 Å². The van der Waals surface area contributed by atoms with Crippen molar-refractivity contribution in [1.82, 2.24) is 0 Å². The quantitative estimate of drug-likeness (QED) is 0.651. The highest BCUT2D eigenvalue weighted by Crippen LogP contribution is 2.49. The number of nitrogens with zero attached hydrogens (tertiary/aromatic N) is 1. The van der Waals surface area contributed by atoms with Gasteiger partial charge >= 0.3 is 6.18 Å². The van der Waals surface area contributed by atoms with E-state index in [9.17, 15) is 22.0 Å². The monoisotopic (exact) mass is 277 g/mol. The molecule has 1 atom stereocenters. The fraction of sp³-hybridized carbons (Fsp3) is 0.571. The second-order valence-corrected chi connectivity index (χ2v) is 3.75. The van der Waals surface area contributed by atoms with Gasteiger partial charge < -0.3 is 0 Å². The van der Waals surface area contributed by atoms with E-state index >= 15 is 0 Å². The lowest BCUT2D eigenvalue weighted by atomic mass is 9.83. The van der Waals surface area contributed by atoms with Crippen LogP contribution >= 0.6 is 15.9 Å². The molecular weight excluding hydrogens is 273 g/mol. The first-order valence-corrected chi connectivity index (χ1v) is 4.33. The topological polar surface area (TPSA) is 12.4 Å². The van der Waals surface area contributed by atoms with Crippen LogP contribution in [0.2, 0.25) is 0 Å². The molecule has 0 aliphatic carbocycles. The van der Waals surface area contributed by atoms with Crippen molar-refractivity contribution in [3.63, 3.8) is 0 Å². The van der Waals surface area contributed by atoms with E-state index in [0.717, 1.165) is 6.20 Å². The molecule has 0 fully saturated rings. The molecule has 0 N–H and O–H groups in total. The minimum atomic E-state index is -4.98. The third-order valence-corrected chi connectivity index (χ3v) is 2.43. The highest BCUT2D eigenvalue weighted by molar-refractivity contribution is 9.18. The molecule has 1 rings (SSSR count). The lowest BCUT2D eigenvalue weighted by Crippen LogP contribution is -2.44. The van der Waals surface area contributed by atoms with Crippen LogP contribution in [0, 0.1) is 5.41 Å². The van der Waals surface area contributed by atoms with Gasteiger partial charge in [0.1, 0.15) is 0 Å². The molecule has 0 saturated heterocycles. The van der Waals surface area contributed by atoms with Crippen molar-refractivity contribution in [3.8, 4) is 0 Å². The first kappa shape index (κ1) is 11.6. The van der Waals surface area contributed by atoms with Crippen molar-refractivity contribution in [2.24, 2.45) is 10.4 Å². The Labute approximate surface area is 84.8 Å². The van der Waals surface area contributed by atoms with Gasteiger partial charge in [-0.15, -0.1) is 0 Å². The molecule has 1 aliphatic rings. The van der Waals surface area contributed by atoms with Crippen molar-refractivity contribution in [3.05, 3.63) is 12.3 Å². The summed E-state index contributed by atoms with van der Waals surface area (Å²) in [6.07, 6.45) is -8.19. The van der Waals surface area contributed by atoms with Crippen LogP contribution in [0.4, 0.5) is 22.0 Å². The van der Waals surface area contributed by atoms with Gasteiger partial charge in [0.2, 0.25) is 0 Å². The second-order valence-electron chi connectivity index (χ2n) is 2.84. The molecule has 1 aliphatic heterocycles. The highest BCUT2D eigenvalue weighted by Gasteiger charge is 2.60. The van der Waals surface area contributed by atoms with Crippen molar-refractivity contribution in [2.75, 3.05) is 0 Å². The molecule has 1 unspecified atom stereocenters. The van der Waals surface area contributed by atoms with Crippen LogP contribution < -0.4 is 0 Å². The first-order chi connectivity index (χ1) is 6.29. The van der Waals surface area contributed by atoms with Crippen LogP contribution in [0.25, 0.3) is 0 Å². The van der Waals surface area contributed by atoms with Crippen LogP contribution in [0.3, 0.4) is 0 Å². The van der Waals surface area contributed by atoms with E-state index in [1.165, 1.54) is 0 Å². The molecule has 0 amide bonds. The summed E-state index contributed by atoms with van der Waals surface area (Å²) in [6, 6.07) is 0. The maximum absolute atomic E-state index is 12.4. The SMILES string of the molecule is FC(F)C1(C(F)(F)F)C=CN=C(Br)C1. The number of aliphatic imine (C=N–C) groups is 1. The number of alkyl halides is 5. The van der Waals surface area contributed by atoms with Crippen molar-refractivity contribution in [2.45, 2.75) is 19.0 Å². The van der Waals surface area contributed by atoms with E-state index in [4.69, 9.17) is 0 Å². The third-order valence-electron chi connectivity index (χ3n) is 1.94. The minimum absolute atomic E-state index is 0.127. The first-order valence-electron chi connectivity index (χ1n) is 3.54. The maximum atomic E-state index is 12.4. The van der Waals surface area contributed by atoms with E-state index in [0.29, 0.717) is 6.08 Å². The van der Waals surface area contributed by atoms with Gasteiger partial charge in [0.15, 0.2) is 5.41 Å². The van der Waals surface area contributed by atoms with E-state index < -0.39 is 24.4 Å². The van der Waals surface area contributed by atoms with Crippen molar-refractivity contribution in [1.29, 1.82) is 0 Å². The van der Waals surface area contributed by atoms with Gasteiger partial charge in [-0.1, -0.05) is 0 Å². The van der Waals surface area contributed by atoms with Crippen molar-refractivity contribution >= 4 is 20.6 Å². The molecule has 0 radical (unpaired) electrons. The fourth-order valence-corrected chi connectivity index (χ4v) is 1.65. The van der Waals surface area contributed by atoms with E-state index in [2.05, 4.69) is 20.9 Å².